The zero-order valence-corrected chi connectivity index (χ0v) is 14.6. The quantitative estimate of drug-likeness (QED) is 0.651. The number of carbonyl (C=O) groups excluding carboxylic acids is 1. The normalized spacial score (nSPS) is 11.7. The molecule has 4 nitrogen and oxygen atoms in total. The van der Waals surface area contributed by atoms with E-state index in [1.807, 2.05) is 6.92 Å². The zero-order chi connectivity index (χ0) is 18.0. The number of halogens is 3. The lowest BCUT2D eigenvalue weighted by atomic mass is 10.2. The summed E-state index contributed by atoms with van der Waals surface area (Å²) in [7, 11) is 0. The van der Waals surface area contributed by atoms with Crippen molar-refractivity contribution in [1.82, 2.24) is 9.97 Å². The van der Waals surface area contributed by atoms with Crippen LogP contribution in [0.25, 0.3) is 10.2 Å². The number of aryl methyl sites for hydroxylation is 1. The number of thiazole rings is 1. The molecule has 0 unspecified atom stereocenters. The molecule has 0 bridgehead atoms. The van der Waals surface area contributed by atoms with Crippen molar-refractivity contribution in [3.8, 4) is 0 Å². The maximum Gasteiger partial charge on any atom is 0.398 e. The van der Waals surface area contributed by atoms with Crippen LogP contribution in [0, 0.1) is 6.92 Å². The van der Waals surface area contributed by atoms with E-state index < -0.39 is 17.8 Å². The fraction of sp³-hybridized carbons (Fsp3) is 0.188. The van der Waals surface area contributed by atoms with Crippen molar-refractivity contribution in [2.75, 3.05) is 11.1 Å². The number of hydrogen-bond acceptors (Lipinski definition) is 5. The summed E-state index contributed by atoms with van der Waals surface area (Å²) in [5, 5.41) is 3.66. The van der Waals surface area contributed by atoms with E-state index in [9.17, 15) is 18.0 Å². The first kappa shape index (κ1) is 17.7. The molecule has 2 aromatic heterocycles. The fourth-order valence-corrected chi connectivity index (χ4v) is 3.76. The van der Waals surface area contributed by atoms with Crippen LogP contribution in [0.4, 0.5) is 18.9 Å². The molecule has 25 heavy (non-hydrogen) atoms. The van der Waals surface area contributed by atoms with Gasteiger partial charge in [0.05, 0.1) is 26.5 Å². The van der Waals surface area contributed by atoms with E-state index in [1.54, 1.807) is 18.2 Å². The van der Waals surface area contributed by atoms with Crippen LogP contribution in [-0.2, 0) is 0 Å². The molecule has 130 valence electrons. The zero-order valence-electron chi connectivity index (χ0n) is 12.9. The molecule has 2 heterocycles. The summed E-state index contributed by atoms with van der Waals surface area (Å²) in [5.74, 6) is -1.60. The lowest BCUT2D eigenvalue weighted by molar-refractivity contribution is -0.105. The highest BCUT2D eigenvalue weighted by molar-refractivity contribution is 7.99. The van der Waals surface area contributed by atoms with Crippen molar-refractivity contribution in [2.24, 2.45) is 0 Å². The molecule has 0 saturated carbocycles. The van der Waals surface area contributed by atoms with Crippen LogP contribution < -0.4 is 5.32 Å². The van der Waals surface area contributed by atoms with Crippen molar-refractivity contribution >= 4 is 44.9 Å². The number of nitrogens with one attached hydrogen (secondary N) is 1. The number of fused-ring (bicyclic) bond motifs is 1. The van der Waals surface area contributed by atoms with Crippen LogP contribution in [0.5, 0.6) is 0 Å². The molecule has 1 N–H and O–H groups in total. The third-order valence-corrected chi connectivity index (χ3v) is 5.15. The molecule has 0 radical (unpaired) electrons. The van der Waals surface area contributed by atoms with Gasteiger partial charge in [0.1, 0.15) is 5.03 Å². The van der Waals surface area contributed by atoms with E-state index in [2.05, 4.69) is 15.3 Å². The number of thioether (sulfide) groups is 1. The van der Waals surface area contributed by atoms with E-state index in [4.69, 9.17) is 0 Å². The van der Waals surface area contributed by atoms with E-state index in [-0.39, 0.29) is 10.6 Å². The number of alkyl halides is 3. The molecule has 0 fully saturated rings. The van der Waals surface area contributed by atoms with Crippen LogP contribution in [-0.4, -0.2) is 27.8 Å². The highest BCUT2D eigenvalue weighted by Crippen LogP contribution is 2.29. The van der Waals surface area contributed by atoms with E-state index in [1.165, 1.54) is 29.7 Å². The third-order valence-electron chi connectivity index (χ3n) is 3.14. The van der Waals surface area contributed by atoms with Crippen molar-refractivity contribution in [3.05, 3.63) is 47.1 Å². The van der Waals surface area contributed by atoms with Gasteiger partial charge in [-0.1, -0.05) is 11.8 Å². The van der Waals surface area contributed by atoms with E-state index >= 15 is 0 Å². The lowest BCUT2D eigenvalue weighted by Gasteiger charge is -2.10. The number of anilines is 1. The Morgan fingerprint density at radius 1 is 1.32 bits per heavy atom. The van der Waals surface area contributed by atoms with Crippen LogP contribution in [0.2, 0.25) is 0 Å². The molecule has 3 rings (SSSR count). The van der Waals surface area contributed by atoms with Crippen LogP contribution in [0.3, 0.4) is 0 Å². The number of benzene rings is 1. The first-order valence-electron chi connectivity index (χ1n) is 7.15. The minimum atomic E-state index is -4.33. The molecular weight excluding hydrogens is 371 g/mol. The average Bonchev–Trinajstić information content (AvgIpc) is 2.92. The van der Waals surface area contributed by atoms with Crippen LogP contribution in [0.1, 0.15) is 15.4 Å². The van der Waals surface area contributed by atoms with Gasteiger partial charge in [-0.25, -0.2) is 9.97 Å². The second-order valence-electron chi connectivity index (χ2n) is 5.13. The van der Waals surface area contributed by atoms with Gasteiger partial charge in [0.2, 0.25) is 0 Å². The fourth-order valence-electron chi connectivity index (χ4n) is 2.14. The molecule has 1 aromatic carbocycles. The number of pyridine rings is 1. The Hall–Kier alpha value is -2.13. The van der Waals surface area contributed by atoms with Crippen LogP contribution >= 0.6 is 23.1 Å². The maximum absolute atomic E-state index is 12.4. The summed E-state index contributed by atoms with van der Waals surface area (Å²) in [5.41, 5.74) is 1.50. The van der Waals surface area contributed by atoms with Crippen molar-refractivity contribution in [2.45, 2.75) is 18.1 Å². The molecular formula is C16H12F3N3OS2. The number of aromatic nitrogens is 2. The van der Waals surface area contributed by atoms with Gasteiger partial charge in [-0.2, -0.15) is 13.2 Å². The minimum Gasteiger partial charge on any atom is -0.322 e. The summed E-state index contributed by atoms with van der Waals surface area (Å²) >= 11 is 1.99. The first-order valence-corrected chi connectivity index (χ1v) is 8.95. The van der Waals surface area contributed by atoms with Gasteiger partial charge in [0, 0.05) is 11.9 Å². The Labute approximate surface area is 149 Å². The Bertz CT molecular complexity index is 924. The molecule has 0 spiro atoms. The van der Waals surface area contributed by atoms with Gasteiger partial charge in [0.15, 0.2) is 0 Å². The van der Waals surface area contributed by atoms with Crippen molar-refractivity contribution in [3.63, 3.8) is 0 Å². The number of carbonyl (C=O) groups is 1. The monoisotopic (exact) mass is 383 g/mol. The SMILES string of the molecule is Cc1nc2ccc(NC(=O)c3cccnc3SCC(F)(F)F)cc2s1. The summed E-state index contributed by atoms with van der Waals surface area (Å²) in [6, 6.07) is 8.25. The van der Waals surface area contributed by atoms with Gasteiger partial charge in [0.25, 0.3) is 5.91 Å². The predicted octanol–water partition coefficient (Wildman–Crippen LogP) is 4.91. The number of nitrogens with zero attached hydrogens (tertiary/aromatic N) is 2. The topological polar surface area (TPSA) is 54.9 Å². The van der Waals surface area contributed by atoms with Gasteiger partial charge < -0.3 is 5.32 Å². The highest BCUT2D eigenvalue weighted by atomic mass is 32.2. The van der Waals surface area contributed by atoms with Gasteiger partial charge in [-0.3, -0.25) is 4.79 Å². The first-order chi connectivity index (χ1) is 11.8. The maximum atomic E-state index is 12.4. The standard InChI is InChI=1S/C16H12F3N3OS2/c1-9-21-12-5-4-10(7-13(12)25-9)22-14(23)11-3-2-6-20-15(11)24-8-16(17,18)19/h2-7H,8H2,1H3,(H,22,23). The number of rotatable bonds is 4. The molecule has 0 aliphatic rings. The number of hydrogen-bond donors (Lipinski definition) is 1. The predicted molar refractivity (Wildman–Crippen MR) is 93.3 cm³/mol. The molecule has 3 aromatic rings. The van der Waals surface area contributed by atoms with Crippen LogP contribution in [0.15, 0.2) is 41.6 Å². The van der Waals surface area contributed by atoms with Crippen molar-refractivity contribution < 1.29 is 18.0 Å². The molecule has 0 aliphatic carbocycles. The Morgan fingerprint density at radius 3 is 2.88 bits per heavy atom. The van der Waals surface area contributed by atoms with Crippen molar-refractivity contribution in [1.29, 1.82) is 0 Å². The highest BCUT2D eigenvalue weighted by Gasteiger charge is 2.28. The smallest absolute Gasteiger partial charge is 0.322 e. The Kier molecular flexibility index (Phi) is 4.96. The Balaban J connectivity index is 1.80. The molecule has 0 saturated heterocycles. The summed E-state index contributed by atoms with van der Waals surface area (Å²) in [6.07, 6.45) is -2.97. The second-order valence-corrected chi connectivity index (χ2v) is 7.33. The largest absolute Gasteiger partial charge is 0.398 e. The average molecular weight is 383 g/mol. The third kappa shape index (κ3) is 4.49. The Morgan fingerprint density at radius 2 is 2.12 bits per heavy atom. The van der Waals surface area contributed by atoms with Gasteiger partial charge >= 0.3 is 6.18 Å². The summed E-state index contributed by atoms with van der Waals surface area (Å²) in [4.78, 5) is 20.7. The summed E-state index contributed by atoms with van der Waals surface area (Å²) in [6.45, 7) is 1.89. The van der Waals surface area contributed by atoms with Gasteiger partial charge in [-0.05, 0) is 37.3 Å². The lowest BCUT2D eigenvalue weighted by Crippen LogP contribution is -2.15. The van der Waals surface area contributed by atoms with Gasteiger partial charge in [-0.15, -0.1) is 11.3 Å². The molecule has 1 amide bonds. The minimum absolute atomic E-state index is 0.0482. The number of amides is 1. The summed E-state index contributed by atoms with van der Waals surface area (Å²) < 4.78 is 38.2. The second kappa shape index (κ2) is 7.01. The van der Waals surface area contributed by atoms with E-state index in [0.29, 0.717) is 17.4 Å². The molecule has 9 heteroatoms. The molecule has 0 atom stereocenters. The molecule has 0 aliphatic heterocycles. The van der Waals surface area contributed by atoms with E-state index in [0.717, 1.165) is 15.2 Å².